The second-order valence-electron chi connectivity index (χ2n) is 7.61. The molecule has 170 valence electrons. The van der Waals surface area contributed by atoms with Gasteiger partial charge in [0.25, 0.3) is 5.78 Å². The number of amides is 1. The van der Waals surface area contributed by atoms with Crippen molar-refractivity contribution in [2.75, 3.05) is 19.1 Å². The van der Waals surface area contributed by atoms with Crippen LogP contribution in [0.4, 0.5) is 5.13 Å². The number of para-hydroxylation sites is 1. The van der Waals surface area contributed by atoms with Crippen molar-refractivity contribution in [2.24, 2.45) is 0 Å². The predicted molar refractivity (Wildman–Crippen MR) is 130 cm³/mol. The molecule has 5 rings (SSSR count). The number of carbonyl (C=O) groups is 2. The zero-order chi connectivity index (χ0) is 23.8. The van der Waals surface area contributed by atoms with Gasteiger partial charge in [-0.25, -0.2) is 4.98 Å². The summed E-state index contributed by atoms with van der Waals surface area (Å²) in [6.45, 7) is 0. The van der Waals surface area contributed by atoms with Gasteiger partial charge in [-0.2, -0.15) is 0 Å². The van der Waals surface area contributed by atoms with Crippen molar-refractivity contribution in [3.8, 4) is 11.5 Å². The molecule has 1 N–H and O–H groups in total. The summed E-state index contributed by atoms with van der Waals surface area (Å²) in [7, 11) is 3.04. The Balaban J connectivity index is 1.77. The molecule has 1 atom stereocenters. The van der Waals surface area contributed by atoms with E-state index in [-0.39, 0.29) is 11.3 Å². The van der Waals surface area contributed by atoms with Crippen LogP contribution in [0.5, 0.6) is 11.5 Å². The van der Waals surface area contributed by atoms with Crippen LogP contribution in [0.25, 0.3) is 16.0 Å². The predicted octanol–water partition coefficient (Wildman–Crippen LogP) is 4.94. The number of fused-ring (bicyclic) bond motifs is 1. The minimum atomic E-state index is -0.943. The molecule has 0 spiro atoms. The number of carbonyl (C=O) groups excluding carboxylic acids is 2. The summed E-state index contributed by atoms with van der Waals surface area (Å²) in [6, 6.07) is 20.4. The lowest BCUT2D eigenvalue weighted by atomic mass is 9.94. The number of ether oxygens (including phenoxy) is 2. The standard InChI is InChI=1S/C26H20N2O5S/c1-32-16-12-13-17(19(14-16)33-2)22-21(23(29)15-8-4-3-5-9-15)24(30)25(31)28(22)26-27-18-10-6-7-11-20(18)34-26/h3-14,22,29H,1-2H3. The fourth-order valence-corrected chi connectivity index (χ4v) is 5.08. The number of thiazole rings is 1. The van der Waals surface area contributed by atoms with Gasteiger partial charge in [-0.3, -0.25) is 14.5 Å². The van der Waals surface area contributed by atoms with E-state index >= 15 is 0 Å². The Bertz CT molecular complexity index is 1410. The number of aliphatic hydroxyl groups excluding tert-OH is 1. The molecule has 1 saturated heterocycles. The highest BCUT2D eigenvalue weighted by molar-refractivity contribution is 7.22. The number of aromatic nitrogens is 1. The fraction of sp³-hybridized carbons (Fsp3) is 0.115. The Hall–Kier alpha value is -4.17. The number of nitrogens with zero attached hydrogens (tertiary/aromatic N) is 2. The number of ketones is 1. The molecule has 0 bridgehead atoms. The largest absolute Gasteiger partial charge is 0.507 e. The summed E-state index contributed by atoms with van der Waals surface area (Å²) < 4.78 is 11.8. The van der Waals surface area contributed by atoms with Crippen LogP contribution >= 0.6 is 11.3 Å². The van der Waals surface area contributed by atoms with Gasteiger partial charge in [0.2, 0.25) is 0 Å². The van der Waals surface area contributed by atoms with Crippen LogP contribution in [0.3, 0.4) is 0 Å². The van der Waals surface area contributed by atoms with Crippen LogP contribution < -0.4 is 14.4 Å². The van der Waals surface area contributed by atoms with E-state index in [2.05, 4.69) is 4.98 Å². The molecule has 1 unspecified atom stereocenters. The topological polar surface area (TPSA) is 89.0 Å². The highest BCUT2D eigenvalue weighted by Gasteiger charge is 2.49. The maximum Gasteiger partial charge on any atom is 0.301 e. The van der Waals surface area contributed by atoms with E-state index in [1.54, 1.807) is 48.5 Å². The SMILES string of the molecule is COc1ccc(C2C(=C(O)c3ccccc3)C(=O)C(=O)N2c2nc3ccccc3s2)c(OC)c1. The first-order valence-electron chi connectivity index (χ1n) is 10.5. The summed E-state index contributed by atoms with van der Waals surface area (Å²) in [6.07, 6.45) is 0. The molecule has 1 fully saturated rings. The van der Waals surface area contributed by atoms with Crippen molar-refractivity contribution >= 4 is 44.1 Å². The van der Waals surface area contributed by atoms with Gasteiger partial charge in [-0.05, 0) is 24.3 Å². The van der Waals surface area contributed by atoms with E-state index < -0.39 is 17.7 Å². The number of rotatable bonds is 5. The molecule has 8 heteroatoms. The van der Waals surface area contributed by atoms with E-state index in [9.17, 15) is 14.7 Å². The average molecular weight is 473 g/mol. The summed E-state index contributed by atoms with van der Waals surface area (Å²) in [4.78, 5) is 32.6. The van der Waals surface area contributed by atoms with Crippen molar-refractivity contribution < 1.29 is 24.2 Å². The molecular weight excluding hydrogens is 452 g/mol. The molecule has 1 amide bonds. The Morgan fingerprint density at radius 1 is 0.971 bits per heavy atom. The van der Waals surface area contributed by atoms with Crippen LogP contribution in [0.1, 0.15) is 17.2 Å². The van der Waals surface area contributed by atoms with E-state index in [1.165, 1.54) is 30.5 Å². The Labute approximate surface area is 199 Å². The number of anilines is 1. The lowest BCUT2D eigenvalue weighted by Gasteiger charge is -2.24. The molecule has 3 aromatic carbocycles. The quantitative estimate of drug-likeness (QED) is 0.251. The van der Waals surface area contributed by atoms with Crippen molar-refractivity contribution in [3.05, 3.63) is 89.5 Å². The number of hydrogen-bond acceptors (Lipinski definition) is 7. The molecule has 0 aliphatic carbocycles. The second kappa shape index (κ2) is 8.64. The van der Waals surface area contributed by atoms with Gasteiger partial charge in [-0.1, -0.05) is 53.8 Å². The lowest BCUT2D eigenvalue weighted by Crippen LogP contribution is -2.29. The third-order valence-electron chi connectivity index (χ3n) is 5.72. The zero-order valence-electron chi connectivity index (χ0n) is 18.4. The molecule has 4 aromatic rings. The number of aliphatic hydroxyl groups is 1. The van der Waals surface area contributed by atoms with Gasteiger partial charge in [0.15, 0.2) is 5.13 Å². The first-order valence-corrected chi connectivity index (χ1v) is 11.3. The number of Topliss-reactive ketones (excluding diaryl/α,β-unsaturated/α-hetero) is 1. The maximum atomic E-state index is 13.4. The van der Waals surface area contributed by atoms with E-state index in [0.29, 0.717) is 33.3 Å². The van der Waals surface area contributed by atoms with Gasteiger partial charge in [0.1, 0.15) is 23.3 Å². The monoisotopic (exact) mass is 472 g/mol. The van der Waals surface area contributed by atoms with Crippen molar-refractivity contribution in [3.63, 3.8) is 0 Å². The highest BCUT2D eigenvalue weighted by Crippen LogP contribution is 2.47. The van der Waals surface area contributed by atoms with Crippen molar-refractivity contribution in [1.82, 2.24) is 4.98 Å². The molecule has 2 heterocycles. The van der Waals surface area contributed by atoms with Crippen LogP contribution in [-0.2, 0) is 9.59 Å². The number of benzene rings is 3. The third kappa shape index (κ3) is 3.48. The highest BCUT2D eigenvalue weighted by atomic mass is 32.1. The maximum absolute atomic E-state index is 13.4. The molecular formula is C26H20N2O5S. The summed E-state index contributed by atoms with van der Waals surface area (Å²) >= 11 is 1.30. The summed E-state index contributed by atoms with van der Waals surface area (Å²) in [5, 5.41) is 11.6. The van der Waals surface area contributed by atoms with Crippen LogP contribution in [-0.4, -0.2) is 36.0 Å². The smallest absolute Gasteiger partial charge is 0.301 e. The normalized spacial score (nSPS) is 17.4. The molecule has 1 aliphatic heterocycles. The molecule has 1 aromatic heterocycles. The fourth-order valence-electron chi connectivity index (χ4n) is 4.08. The number of methoxy groups -OCH3 is 2. The molecule has 7 nitrogen and oxygen atoms in total. The molecule has 34 heavy (non-hydrogen) atoms. The zero-order valence-corrected chi connectivity index (χ0v) is 19.2. The van der Waals surface area contributed by atoms with Gasteiger partial charge in [0, 0.05) is 17.2 Å². The van der Waals surface area contributed by atoms with Crippen molar-refractivity contribution in [1.29, 1.82) is 0 Å². The first-order chi connectivity index (χ1) is 16.5. The third-order valence-corrected chi connectivity index (χ3v) is 6.75. The second-order valence-corrected chi connectivity index (χ2v) is 8.62. The molecule has 0 radical (unpaired) electrons. The molecule has 0 saturated carbocycles. The lowest BCUT2D eigenvalue weighted by molar-refractivity contribution is -0.132. The average Bonchev–Trinajstić information content (AvgIpc) is 3.42. The Morgan fingerprint density at radius 2 is 1.71 bits per heavy atom. The minimum absolute atomic E-state index is 0.0288. The van der Waals surface area contributed by atoms with Gasteiger partial charge >= 0.3 is 5.91 Å². The van der Waals surface area contributed by atoms with E-state index in [4.69, 9.17) is 9.47 Å². The Kier molecular flexibility index (Phi) is 5.51. The van der Waals surface area contributed by atoms with Crippen LogP contribution in [0.2, 0.25) is 0 Å². The van der Waals surface area contributed by atoms with E-state index in [1.807, 2.05) is 24.3 Å². The van der Waals surface area contributed by atoms with Crippen LogP contribution in [0, 0.1) is 0 Å². The first kappa shape index (κ1) is 21.7. The van der Waals surface area contributed by atoms with Crippen LogP contribution in [0.15, 0.2) is 78.4 Å². The van der Waals surface area contributed by atoms with Gasteiger partial charge in [0.05, 0.1) is 30.0 Å². The Morgan fingerprint density at radius 3 is 2.41 bits per heavy atom. The van der Waals surface area contributed by atoms with Crippen molar-refractivity contribution in [2.45, 2.75) is 6.04 Å². The summed E-state index contributed by atoms with van der Waals surface area (Å²) in [5.74, 6) is -0.842. The minimum Gasteiger partial charge on any atom is -0.507 e. The van der Waals surface area contributed by atoms with Gasteiger partial charge in [-0.15, -0.1) is 0 Å². The molecule has 1 aliphatic rings. The summed E-state index contributed by atoms with van der Waals surface area (Å²) in [5.41, 5.74) is 1.65. The van der Waals surface area contributed by atoms with Gasteiger partial charge < -0.3 is 14.6 Å². The van der Waals surface area contributed by atoms with E-state index in [0.717, 1.165) is 4.70 Å². The number of hydrogen-bond donors (Lipinski definition) is 1.